The van der Waals surface area contributed by atoms with Crippen molar-refractivity contribution >= 4 is 17.7 Å². The van der Waals surface area contributed by atoms with Crippen molar-refractivity contribution in [3.05, 3.63) is 23.3 Å². The van der Waals surface area contributed by atoms with Crippen LogP contribution in [-0.4, -0.2) is 11.7 Å². The van der Waals surface area contributed by atoms with Crippen LogP contribution in [0.15, 0.2) is 23.3 Å². The molecule has 0 aromatic rings. The molecule has 0 saturated carbocycles. The molecule has 1 rings (SSSR count). The minimum atomic E-state index is -0.828. The Morgan fingerprint density at radius 1 is 1.59 bits per heavy atom. The predicted octanol–water partition coefficient (Wildman–Crippen LogP) is 1.94. The molecule has 0 aromatic heterocycles. The van der Waals surface area contributed by atoms with Crippen LogP contribution in [0.4, 0.5) is 0 Å². The standard InChI is InChI=1S/C12H13N3OS/c1-4-5-17-11-9(7-14)12(2,3)8(6-13)10(16)15-11/h4,8H,1,5H2,2-3H3,(H,15,16)/t8-/m0/s1. The largest absolute Gasteiger partial charge is 0.319 e. The van der Waals surface area contributed by atoms with Gasteiger partial charge in [-0.2, -0.15) is 10.5 Å². The first-order valence-electron chi connectivity index (χ1n) is 5.08. The van der Waals surface area contributed by atoms with Crippen LogP contribution in [0.25, 0.3) is 0 Å². The van der Waals surface area contributed by atoms with Crippen LogP contribution in [0.2, 0.25) is 0 Å². The maximum atomic E-state index is 11.8. The molecule has 0 bridgehead atoms. The summed E-state index contributed by atoms with van der Waals surface area (Å²) in [5.41, 5.74) is -0.300. The molecule has 0 unspecified atom stereocenters. The zero-order valence-corrected chi connectivity index (χ0v) is 10.6. The van der Waals surface area contributed by atoms with Crippen LogP contribution in [-0.2, 0) is 4.79 Å². The van der Waals surface area contributed by atoms with Gasteiger partial charge in [-0.05, 0) is 0 Å². The highest BCUT2D eigenvalue weighted by Gasteiger charge is 2.44. The van der Waals surface area contributed by atoms with Crippen LogP contribution >= 0.6 is 11.8 Å². The minimum absolute atomic E-state index is 0.344. The molecule has 88 valence electrons. The number of thioether (sulfide) groups is 1. The van der Waals surface area contributed by atoms with E-state index in [0.717, 1.165) is 0 Å². The van der Waals surface area contributed by atoms with Crippen molar-refractivity contribution in [3.8, 4) is 12.1 Å². The molecule has 5 heteroatoms. The Morgan fingerprint density at radius 3 is 2.71 bits per heavy atom. The molecule has 1 atom stereocenters. The summed E-state index contributed by atoms with van der Waals surface area (Å²) in [6.07, 6.45) is 1.70. The molecule has 0 saturated heterocycles. The van der Waals surface area contributed by atoms with Gasteiger partial charge in [0.05, 0.1) is 22.7 Å². The van der Waals surface area contributed by atoms with Crippen molar-refractivity contribution in [3.63, 3.8) is 0 Å². The molecule has 0 fully saturated rings. The molecule has 17 heavy (non-hydrogen) atoms. The fourth-order valence-corrected chi connectivity index (χ4v) is 2.59. The molecule has 4 nitrogen and oxygen atoms in total. The molecule has 0 radical (unpaired) electrons. The zero-order chi connectivity index (χ0) is 13.1. The van der Waals surface area contributed by atoms with E-state index < -0.39 is 11.3 Å². The van der Waals surface area contributed by atoms with Gasteiger partial charge >= 0.3 is 0 Å². The number of amides is 1. The van der Waals surface area contributed by atoms with Gasteiger partial charge in [-0.15, -0.1) is 18.3 Å². The first kappa shape index (κ1) is 13.3. The van der Waals surface area contributed by atoms with Gasteiger partial charge in [0, 0.05) is 11.2 Å². The van der Waals surface area contributed by atoms with Crippen LogP contribution in [0.3, 0.4) is 0 Å². The Hall–Kier alpha value is -1.72. The summed E-state index contributed by atoms with van der Waals surface area (Å²) in [6, 6.07) is 4.05. The highest BCUT2D eigenvalue weighted by Crippen LogP contribution is 2.41. The van der Waals surface area contributed by atoms with Crippen molar-refractivity contribution in [2.45, 2.75) is 13.8 Å². The first-order valence-corrected chi connectivity index (χ1v) is 6.06. The highest BCUT2D eigenvalue weighted by atomic mass is 32.2. The molecule has 1 amide bonds. The average Bonchev–Trinajstić information content (AvgIpc) is 2.25. The predicted molar refractivity (Wildman–Crippen MR) is 66.3 cm³/mol. The van der Waals surface area contributed by atoms with Gasteiger partial charge in [-0.1, -0.05) is 19.9 Å². The van der Waals surface area contributed by atoms with Crippen LogP contribution in [0.5, 0.6) is 0 Å². The normalized spacial score (nSPS) is 22.4. The Balaban J connectivity index is 3.23. The second-order valence-electron chi connectivity index (χ2n) is 4.19. The summed E-state index contributed by atoms with van der Waals surface area (Å²) in [6.45, 7) is 7.08. The van der Waals surface area contributed by atoms with E-state index in [1.54, 1.807) is 19.9 Å². The van der Waals surface area contributed by atoms with Crippen molar-refractivity contribution in [2.75, 3.05) is 5.75 Å². The van der Waals surface area contributed by atoms with Gasteiger partial charge in [-0.25, -0.2) is 0 Å². The molecular weight excluding hydrogens is 234 g/mol. The number of nitriles is 2. The van der Waals surface area contributed by atoms with Gasteiger partial charge in [-0.3, -0.25) is 4.79 Å². The Kier molecular flexibility index (Phi) is 3.98. The number of carbonyl (C=O) groups is 1. The number of hydrogen-bond acceptors (Lipinski definition) is 4. The third kappa shape index (κ3) is 2.35. The minimum Gasteiger partial charge on any atom is -0.319 e. The van der Waals surface area contributed by atoms with E-state index >= 15 is 0 Å². The fourth-order valence-electron chi connectivity index (χ4n) is 1.68. The molecule has 1 aliphatic heterocycles. The van der Waals surface area contributed by atoms with Crippen LogP contribution < -0.4 is 5.32 Å². The molecule has 1 heterocycles. The number of nitrogens with one attached hydrogen (secondary N) is 1. The maximum Gasteiger partial charge on any atom is 0.243 e. The lowest BCUT2D eigenvalue weighted by Crippen LogP contribution is -2.44. The molecule has 0 aliphatic carbocycles. The van der Waals surface area contributed by atoms with Crippen LogP contribution in [0.1, 0.15) is 13.8 Å². The molecular formula is C12H13N3OS. The van der Waals surface area contributed by atoms with E-state index in [1.165, 1.54) is 11.8 Å². The van der Waals surface area contributed by atoms with Gasteiger partial charge in [0.25, 0.3) is 0 Å². The second kappa shape index (κ2) is 5.07. The Bertz CT molecular complexity index is 465. The topological polar surface area (TPSA) is 76.7 Å². The summed E-state index contributed by atoms with van der Waals surface area (Å²) in [7, 11) is 0. The summed E-state index contributed by atoms with van der Waals surface area (Å²) >= 11 is 1.35. The highest BCUT2D eigenvalue weighted by molar-refractivity contribution is 8.03. The summed E-state index contributed by atoms with van der Waals surface area (Å²) in [4.78, 5) is 11.8. The summed E-state index contributed by atoms with van der Waals surface area (Å²) in [5, 5.41) is 21.4. The zero-order valence-electron chi connectivity index (χ0n) is 9.78. The van der Waals surface area contributed by atoms with Gasteiger partial charge < -0.3 is 5.32 Å². The lowest BCUT2D eigenvalue weighted by atomic mass is 9.72. The van der Waals surface area contributed by atoms with Crippen molar-refractivity contribution < 1.29 is 4.79 Å². The fraction of sp³-hybridized carbons (Fsp3) is 0.417. The molecule has 1 aliphatic rings. The maximum absolute atomic E-state index is 11.8. The van der Waals surface area contributed by atoms with E-state index in [-0.39, 0.29) is 5.91 Å². The number of rotatable bonds is 3. The van der Waals surface area contributed by atoms with Crippen molar-refractivity contribution in [1.82, 2.24) is 5.32 Å². The monoisotopic (exact) mass is 247 g/mol. The van der Waals surface area contributed by atoms with E-state index in [9.17, 15) is 10.1 Å². The Morgan fingerprint density at radius 2 is 2.24 bits per heavy atom. The van der Waals surface area contributed by atoms with Gasteiger partial charge in [0.1, 0.15) is 5.92 Å². The Labute approximate surface area is 105 Å². The average molecular weight is 247 g/mol. The molecule has 0 spiro atoms. The SMILES string of the molecule is C=CCSC1=C(C#N)C(C)(C)[C@@H](C#N)C(=O)N1. The molecule has 1 N–H and O–H groups in total. The second-order valence-corrected chi connectivity index (χ2v) is 5.22. The van der Waals surface area contributed by atoms with Crippen molar-refractivity contribution in [2.24, 2.45) is 11.3 Å². The van der Waals surface area contributed by atoms with Gasteiger partial charge in [0.15, 0.2) is 0 Å². The quantitative estimate of drug-likeness (QED) is 0.773. The number of hydrogen-bond donors (Lipinski definition) is 1. The number of allylic oxidation sites excluding steroid dienone is 1. The smallest absolute Gasteiger partial charge is 0.243 e. The lowest BCUT2D eigenvalue weighted by molar-refractivity contribution is -0.125. The number of nitrogens with zero attached hydrogens (tertiary/aromatic N) is 2. The van der Waals surface area contributed by atoms with Crippen molar-refractivity contribution in [1.29, 1.82) is 10.5 Å². The molecule has 0 aromatic carbocycles. The summed E-state index contributed by atoms with van der Waals surface area (Å²) in [5.74, 6) is -0.568. The number of carbonyl (C=O) groups excluding carboxylic acids is 1. The van der Waals surface area contributed by atoms with Crippen LogP contribution in [0, 0.1) is 34.0 Å². The van der Waals surface area contributed by atoms with E-state index in [1.807, 2.05) is 6.07 Å². The lowest BCUT2D eigenvalue weighted by Gasteiger charge is -2.34. The summed E-state index contributed by atoms with van der Waals surface area (Å²) < 4.78 is 0. The third-order valence-corrected chi connectivity index (χ3v) is 3.68. The third-order valence-electron chi connectivity index (χ3n) is 2.68. The van der Waals surface area contributed by atoms with Gasteiger partial charge in [0.2, 0.25) is 5.91 Å². The van der Waals surface area contributed by atoms with E-state index in [2.05, 4.69) is 18.0 Å². The van der Waals surface area contributed by atoms with E-state index in [4.69, 9.17) is 5.26 Å². The van der Waals surface area contributed by atoms with E-state index in [0.29, 0.717) is 16.4 Å². The first-order chi connectivity index (χ1) is 7.98.